The maximum Gasteiger partial charge on any atom is 0.140 e. The molecule has 27 heavy (non-hydrogen) atoms. The Hall–Kier alpha value is -3.32. The van der Waals surface area contributed by atoms with E-state index in [1.54, 1.807) is 0 Å². The molecule has 0 amide bonds. The quantitative estimate of drug-likeness (QED) is 0.290. The standard InChI is InChI=1S/C26H19B/c27-26-23-12-6-4-10-21(23)25(22-11-5-7-13-24(22)26)20-16-14-19(15-17-20)18-8-2-1-3-9-18/h1-17H,27H2. The average Bonchev–Trinajstić information content (AvgIpc) is 2.75. The summed E-state index contributed by atoms with van der Waals surface area (Å²) in [5, 5.41) is 5.30. The van der Waals surface area contributed by atoms with Crippen molar-refractivity contribution >= 4 is 34.9 Å². The van der Waals surface area contributed by atoms with Crippen LogP contribution < -0.4 is 5.46 Å². The van der Waals surface area contributed by atoms with E-state index < -0.39 is 0 Å². The number of hydrogen-bond acceptors (Lipinski definition) is 0. The van der Waals surface area contributed by atoms with Crippen LogP contribution >= 0.6 is 0 Å². The molecule has 0 fully saturated rings. The summed E-state index contributed by atoms with van der Waals surface area (Å²) >= 11 is 0. The topological polar surface area (TPSA) is 0 Å². The lowest BCUT2D eigenvalue weighted by Crippen LogP contribution is -2.07. The van der Waals surface area contributed by atoms with E-state index in [1.165, 1.54) is 49.3 Å². The van der Waals surface area contributed by atoms with Gasteiger partial charge in [0.2, 0.25) is 0 Å². The summed E-state index contributed by atoms with van der Waals surface area (Å²) in [6, 6.07) is 37.0. The van der Waals surface area contributed by atoms with Gasteiger partial charge in [0.05, 0.1) is 0 Å². The molecule has 0 radical (unpaired) electrons. The zero-order chi connectivity index (χ0) is 18.2. The van der Waals surface area contributed by atoms with Gasteiger partial charge in [-0.25, -0.2) is 0 Å². The molecule has 126 valence electrons. The minimum atomic E-state index is 1.25. The molecule has 0 nitrogen and oxygen atoms in total. The van der Waals surface area contributed by atoms with Crippen LogP contribution in [0.3, 0.4) is 0 Å². The van der Waals surface area contributed by atoms with Gasteiger partial charge in [-0.1, -0.05) is 109 Å². The second-order valence-corrected chi connectivity index (χ2v) is 7.03. The van der Waals surface area contributed by atoms with Gasteiger partial charge in [-0.2, -0.15) is 0 Å². The predicted octanol–water partition coefficient (Wildman–Crippen LogP) is 5.59. The van der Waals surface area contributed by atoms with Crippen LogP contribution in [0, 0.1) is 0 Å². The van der Waals surface area contributed by atoms with E-state index >= 15 is 0 Å². The summed E-state index contributed by atoms with van der Waals surface area (Å²) in [4.78, 5) is 0. The van der Waals surface area contributed by atoms with Gasteiger partial charge in [0, 0.05) is 0 Å². The highest BCUT2D eigenvalue weighted by Crippen LogP contribution is 2.35. The second kappa shape index (κ2) is 6.44. The van der Waals surface area contributed by atoms with Crippen molar-refractivity contribution in [1.82, 2.24) is 0 Å². The summed E-state index contributed by atoms with van der Waals surface area (Å²) in [7, 11) is 2.23. The molecule has 0 unspecified atom stereocenters. The molecular weight excluding hydrogens is 323 g/mol. The lowest BCUT2D eigenvalue weighted by Gasteiger charge is -2.15. The van der Waals surface area contributed by atoms with Gasteiger partial charge in [0.15, 0.2) is 0 Å². The Labute approximate surface area is 160 Å². The van der Waals surface area contributed by atoms with Crippen LogP contribution in [0.4, 0.5) is 0 Å². The zero-order valence-electron chi connectivity index (χ0n) is 15.3. The zero-order valence-corrected chi connectivity index (χ0v) is 15.3. The maximum absolute atomic E-state index is 2.26. The monoisotopic (exact) mass is 342 g/mol. The Bertz CT molecular complexity index is 1200. The van der Waals surface area contributed by atoms with E-state index in [4.69, 9.17) is 0 Å². The highest BCUT2D eigenvalue weighted by Gasteiger charge is 2.12. The first-order valence-electron chi connectivity index (χ1n) is 9.39. The van der Waals surface area contributed by atoms with Crippen molar-refractivity contribution in [1.29, 1.82) is 0 Å². The van der Waals surface area contributed by atoms with Crippen molar-refractivity contribution in [3.63, 3.8) is 0 Å². The van der Waals surface area contributed by atoms with Crippen LogP contribution in [-0.4, -0.2) is 7.85 Å². The van der Waals surface area contributed by atoms with Gasteiger partial charge in [-0.3, -0.25) is 0 Å². The van der Waals surface area contributed by atoms with Crippen molar-refractivity contribution in [3.05, 3.63) is 103 Å². The van der Waals surface area contributed by atoms with Crippen molar-refractivity contribution in [3.8, 4) is 22.3 Å². The van der Waals surface area contributed by atoms with Gasteiger partial charge < -0.3 is 0 Å². The molecule has 0 aliphatic carbocycles. The molecule has 5 aromatic carbocycles. The summed E-state index contributed by atoms with van der Waals surface area (Å²) in [6.45, 7) is 0. The molecule has 0 saturated carbocycles. The van der Waals surface area contributed by atoms with Crippen molar-refractivity contribution in [2.75, 3.05) is 0 Å². The SMILES string of the molecule is Bc1c2ccccc2c(-c2ccc(-c3ccccc3)cc2)c2ccccc12. The van der Waals surface area contributed by atoms with Gasteiger partial charge in [0.25, 0.3) is 0 Å². The highest BCUT2D eigenvalue weighted by atomic mass is 14.1. The Balaban J connectivity index is 1.78. The average molecular weight is 342 g/mol. The van der Waals surface area contributed by atoms with Crippen molar-refractivity contribution in [2.24, 2.45) is 0 Å². The summed E-state index contributed by atoms with van der Waals surface area (Å²) < 4.78 is 0. The third kappa shape index (κ3) is 2.64. The molecule has 0 N–H and O–H groups in total. The first kappa shape index (κ1) is 15.9. The smallest absolute Gasteiger partial charge is 0.0735 e. The number of rotatable bonds is 2. The van der Waals surface area contributed by atoms with Gasteiger partial charge >= 0.3 is 0 Å². The predicted molar refractivity (Wildman–Crippen MR) is 121 cm³/mol. The van der Waals surface area contributed by atoms with Crippen LogP contribution in [0.15, 0.2) is 103 Å². The first-order chi connectivity index (χ1) is 13.3. The molecule has 5 rings (SSSR count). The largest absolute Gasteiger partial charge is 0.140 e. The van der Waals surface area contributed by atoms with Crippen LogP contribution in [0.1, 0.15) is 0 Å². The van der Waals surface area contributed by atoms with E-state index in [-0.39, 0.29) is 0 Å². The van der Waals surface area contributed by atoms with E-state index in [9.17, 15) is 0 Å². The van der Waals surface area contributed by atoms with Gasteiger partial charge in [-0.05, 0) is 43.8 Å². The molecular formula is C26H19B. The first-order valence-corrected chi connectivity index (χ1v) is 9.39. The van der Waals surface area contributed by atoms with E-state index in [2.05, 4.69) is 111 Å². The Morgan fingerprint density at radius 3 is 1.33 bits per heavy atom. The van der Waals surface area contributed by atoms with E-state index in [1.807, 2.05) is 0 Å². The van der Waals surface area contributed by atoms with Crippen molar-refractivity contribution < 1.29 is 0 Å². The number of fused-ring (bicyclic) bond motifs is 2. The minimum Gasteiger partial charge on any atom is -0.0735 e. The van der Waals surface area contributed by atoms with E-state index in [0.29, 0.717) is 0 Å². The maximum atomic E-state index is 2.26. The summed E-state index contributed by atoms with van der Waals surface area (Å²) in [5.41, 5.74) is 6.45. The van der Waals surface area contributed by atoms with Crippen LogP contribution in [0.25, 0.3) is 43.8 Å². The Morgan fingerprint density at radius 2 is 0.778 bits per heavy atom. The lowest BCUT2D eigenvalue weighted by atomic mass is 9.81. The molecule has 0 heterocycles. The molecule has 5 aromatic rings. The third-order valence-electron chi connectivity index (χ3n) is 5.48. The number of benzene rings is 5. The molecule has 0 spiro atoms. The Morgan fingerprint density at radius 1 is 0.370 bits per heavy atom. The fourth-order valence-corrected chi connectivity index (χ4v) is 4.12. The highest BCUT2D eigenvalue weighted by molar-refractivity contribution is 6.46. The van der Waals surface area contributed by atoms with Gasteiger partial charge in [-0.15, -0.1) is 0 Å². The van der Waals surface area contributed by atoms with Gasteiger partial charge in [0.1, 0.15) is 7.85 Å². The second-order valence-electron chi connectivity index (χ2n) is 7.03. The third-order valence-corrected chi connectivity index (χ3v) is 5.48. The van der Waals surface area contributed by atoms with Crippen LogP contribution in [-0.2, 0) is 0 Å². The molecule has 1 heteroatoms. The van der Waals surface area contributed by atoms with Crippen molar-refractivity contribution in [2.45, 2.75) is 0 Å². The molecule has 0 bridgehead atoms. The van der Waals surface area contributed by atoms with E-state index in [0.717, 1.165) is 0 Å². The summed E-state index contributed by atoms with van der Waals surface area (Å²) in [6.07, 6.45) is 0. The molecule has 0 saturated heterocycles. The number of hydrogen-bond donors (Lipinski definition) is 0. The molecule has 0 aromatic heterocycles. The lowest BCUT2D eigenvalue weighted by molar-refractivity contribution is 1.61. The fourth-order valence-electron chi connectivity index (χ4n) is 4.12. The molecule has 0 aliphatic heterocycles. The Kier molecular flexibility index (Phi) is 3.80. The fraction of sp³-hybridized carbons (Fsp3) is 0. The van der Waals surface area contributed by atoms with Crippen LogP contribution in [0.2, 0.25) is 0 Å². The normalized spacial score (nSPS) is 11.1. The molecule has 0 atom stereocenters. The molecule has 0 aliphatic rings. The van der Waals surface area contributed by atoms with Crippen LogP contribution in [0.5, 0.6) is 0 Å². The minimum absolute atomic E-state index is 1.25. The summed E-state index contributed by atoms with van der Waals surface area (Å²) in [5.74, 6) is 0.